The van der Waals surface area contributed by atoms with Gasteiger partial charge in [-0.3, -0.25) is 9.78 Å². The molecular formula is C13H11N3OS. The van der Waals surface area contributed by atoms with Crippen LogP contribution in [0.5, 0.6) is 0 Å². The van der Waals surface area contributed by atoms with Gasteiger partial charge in [-0.25, -0.2) is 0 Å². The van der Waals surface area contributed by atoms with Gasteiger partial charge in [-0.1, -0.05) is 12.1 Å². The highest BCUT2D eigenvalue weighted by atomic mass is 32.1. The molecule has 0 saturated carbocycles. The number of hydrogen-bond donors (Lipinski definition) is 1. The maximum atomic E-state index is 11.8. The quantitative estimate of drug-likeness (QED) is 0.911. The van der Waals surface area contributed by atoms with E-state index in [9.17, 15) is 4.79 Å². The summed E-state index contributed by atoms with van der Waals surface area (Å²) in [6.45, 7) is 0. The fourth-order valence-corrected chi connectivity index (χ4v) is 2.21. The van der Waals surface area contributed by atoms with Crippen LogP contribution in [0.25, 0.3) is 0 Å². The van der Waals surface area contributed by atoms with Crippen LogP contribution in [0.15, 0.2) is 41.9 Å². The first-order chi connectivity index (χ1) is 8.79. The van der Waals surface area contributed by atoms with Gasteiger partial charge in [-0.15, -0.1) is 11.3 Å². The average molecular weight is 257 g/mol. The van der Waals surface area contributed by atoms with E-state index in [0.29, 0.717) is 12.1 Å². The number of thiophene rings is 1. The minimum absolute atomic E-state index is 0.172. The van der Waals surface area contributed by atoms with Gasteiger partial charge in [0, 0.05) is 11.1 Å². The van der Waals surface area contributed by atoms with Crippen molar-refractivity contribution < 1.29 is 4.79 Å². The normalized spacial score (nSPS) is 11.5. The number of pyridine rings is 1. The zero-order chi connectivity index (χ0) is 12.8. The van der Waals surface area contributed by atoms with Gasteiger partial charge in [0.1, 0.15) is 0 Å². The van der Waals surface area contributed by atoms with E-state index in [1.165, 1.54) is 11.3 Å². The zero-order valence-electron chi connectivity index (χ0n) is 9.54. The molecule has 0 saturated heterocycles. The van der Waals surface area contributed by atoms with Gasteiger partial charge in [0.15, 0.2) is 6.04 Å². The van der Waals surface area contributed by atoms with Crippen LogP contribution in [-0.2, 0) is 11.2 Å². The lowest BCUT2D eigenvalue weighted by Crippen LogP contribution is -2.29. The Morgan fingerprint density at radius 1 is 1.44 bits per heavy atom. The van der Waals surface area contributed by atoms with Crippen molar-refractivity contribution in [1.29, 1.82) is 5.26 Å². The Balaban J connectivity index is 1.99. The second-order valence-electron chi connectivity index (χ2n) is 3.64. The summed E-state index contributed by atoms with van der Waals surface area (Å²) in [5, 5.41) is 13.6. The number of carbonyl (C=O) groups excluding carboxylic acids is 1. The highest BCUT2D eigenvalue weighted by Gasteiger charge is 2.15. The summed E-state index contributed by atoms with van der Waals surface area (Å²) < 4.78 is 0. The summed E-state index contributed by atoms with van der Waals surface area (Å²) in [7, 11) is 0. The van der Waals surface area contributed by atoms with Crippen molar-refractivity contribution in [1.82, 2.24) is 10.3 Å². The summed E-state index contributed by atoms with van der Waals surface area (Å²) in [4.78, 5) is 16.8. The van der Waals surface area contributed by atoms with Crippen molar-refractivity contribution in [3.8, 4) is 6.07 Å². The third kappa shape index (κ3) is 3.15. The third-order valence-corrected chi connectivity index (χ3v) is 3.21. The van der Waals surface area contributed by atoms with Crippen LogP contribution >= 0.6 is 11.3 Å². The van der Waals surface area contributed by atoms with E-state index in [0.717, 1.165) is 4.88 Å². The molecule has 5 heteroatoms. The molecule has 0 aliphatic heterocycles. The largest absolute Gasteiger partial charge is 0.335 e. The van der Waals surface area contributed by atoms with Crippen LogP contribution in [-0.4, -0.2) is 10.9 Å². The lowest BCUT2D eigenvalue weighted by atomic mass is 10.2. The van der Waals surface area contributed by atoms with Crippen LogP contribution in [0.2, 0.25) is 0 Å². The number of nitrogens with zero attached hydrogens (tertiary/aromatic N) is 2. The van der Waals surface area contributed by atoms with E-state index >= 15 is 0 Å². The van der Waals surface area contributed by atoms with Gasteiger partial charge in [0.05, 0.1) is 18.2 Å². The molecule has 1 atom stereocenters. The molecule has 0 aliphatic rings. The van der Waals surface area contributed by atoms with Crippen LogP contribution < -0.4 is 5.32 Å². The Kier molecular flexibility index (Phi) is 4.05. The molecule has 0 spiro atoms. The van der Waals surface area contributed by atoms with Crippen molar-refractivity contribution in [2.24, 2.45) is 0 Å². The van der Waals surface area contributed by atoms with E-state index in [1.54, 1.807) is 24.4 Å². The van der Waals surface area contributed by atoms with Crippen LogP contribution in [0.4, 0.5) is 0 Å². The first kappa shape index (κ1) is 12.3. The molecule has 1 N–H and O–H groups in total. The molecule has 1 unspecified atom stereocenters. The Bertz CT molecular complexity index is 545. The summed E-state index contributed by atoms with van der Waals surface area (Å²) in [5.41, 5.74) is 0.555. The molecule has 1 amide bonds. The van der Waals surface area contributed by atoms with Crippen LogP contribution in [0, 0.1) is 11.3 Å². The maximum Gasteiger partial charge on any atom is 0.226 e. The topological polar surface area (TPSA) is 65.8 Å². The second kappa shape index (κ2) is 5.94. The van der Waals surface area contributed by atoms with E-state index in [1.807, 2.05) is 23.6 Å². The molecule has 0 aromatic carbocycles. The fourth-order valence-electron chi connectivity index (χ4n) is 1.50. The number of hydrogen-bond acceptors (Lipinski definition) is 4. The Morgan fingerprint density at radius 2 is 2.33 bits per heavy atom. The highest BCUT2D eigenvalue weighted by molar-refractivity contribution is 7.10. The Hall–Kier alpha value is -2.19. The number of rotatable bonds is 4. The van der Waals surface area contributed by atoms with Gasteiger partial charge in [-0.05, 0) is 23.6 Å². The molecule has 0 radical (unpaired) electrons. The van der Waals surface area contributed by atoms with Gasteiger partial charge < -0.3 is 5.32 Å². The number of nitrogens with one attached hydrogen (secondary N) is 1. The van der Waals surface area contributed by atoms with Gasteiger partial charge in [0.2, 0.25) is 5.91 Å². The molecule has 90 valence electrons. The standard InChI is InChI=1S/C13H11N3OS/c14-9-12(11-5-1-2-6-15-11)16-13(17)8-10-4-3-7-18-10/h1-7,12H,8H2,(H,16,17). The van der Waals surface area contributed by atoms with E-state index in [-0.39, 0.29) is 5.91 Å². The first-order valence-electron chi connectivity index (χ1n) is 5.42. The van der Waals surface area contributed by atoms with Crippen molar-refractivity contribution in [2.75, 3.05) is 0 Å². The van der Waals surface area contributed by atoms with E-state index in [4.69, 9.17) is 5.26 Å². The second-order valence-corrected chi connectivity index (χ2v) is 4.67. The molecule has 2 aromatic rings. The lowest BCUT2D eigenvalue weighted by Gasteiger charge is -2.10. The molecule has 4 nitrogen and oxygen atoms in total. The van der Waals surface area contributed by atoms with Crippen molar-refractivity contribution in [3.63, 3.8) is 0 Å². The molecular weight excluding hydrogens is 246 g/mol. The van der Waals surface area contributed by atoms with E-state index < -0.39 is 6.04 Å². The predicted molar refractivity (Wildman–Crippen MR) is 68.8 cm³/mol. The smallest absolute Gasteiger partial charge is 0.226 e. The number of amides is 1. The molecule has 0 fully saturated rings. The summed E-state index contributed by atoms with van der Waals surface area (Å²) in [6, 6.07) is 10.4. The molecule has 0 bridgehead atoms. The zero-order valence-corrected chi connectivity index (χ0v) is 10.4. The van der Waals surface area contributed by atoms with Crippen LogP contribution in [0.1, 0.15) is 16.6 Å². The molecule has 0 aliphatic carbocycles. The van der Waals surface area contributed by atoms with Crippen LogP contribution in [0.3, 0.4) is 0 Å². The Labute approximate surface area is 109 Å². The SMILES string of the molecule is N#CC(NC(=O)Cc1cccs1)c1ccccn1. The number of nitriles is 1. The highest BCUT2D eigenvalue weighted by Crippen LogP contribution is 2.11. The van der Waals surface area contributed by atoms with Crippen molar-refractivity contribution in [3.05, 3.63) is 52.5 Å². The van der Waals surface area contributed by atoms with E-state index in [2.05, 4.69) is 10.3 Å². The summed E-state index contributed by atoms with van der Waals surface area (Å²) in [6.07, 6.45) is 1.90. The van der Waals surface area contributed by atoms with Crippen molar-refractivity contribution in [2.45, 2.75) is 12.5 Å². The van der Waals surface area contributed by atoms with Gasteiger partial charge >= 0.3 is 0 Å². The Morgan fingerprint density at radius 3 is 2.94 bits per heavy atom. The van der Waals surface area contributed by atoms with Gasteiger partial charge in [-0.2, -0.15) is 5.26 Å². The first-order valence-corrected chi connectivity index (χ1v) is 6.30. The monoisotopic (exact) mass is 257 g/mol. The molecule has 2 heterocycles. The summed E-state index contributed by atoms with van der Waals surface area (Å²) >= 11 is 1.52. The van der Waals surface area contributed by atoms with Crippen molar-refractivity contribution >= 4 is 17.2 Å². The molecule has 2 rings (SSSR count). The molecule has 18 heavy (non-hydrogen) atoms. The summed E-state index contributed by atoms with van der Waals surface area (Å²) in [5.74, 6) is -0.172. The van der Waals surface area contributed by atoms with Gasteiger partial charge in [0.25, 0.3) is 0 Å². The number of aromatic nitrogens is 1. The molecule has 2 aromatic heterocycles. The number of carbonyl (C=O) groups is 1. The third-order valence-electron chi connectivity index (χ3n) is 2.33. The average Bonchev–Trinajstić information content (AvgIpc) is 2.90. The lowest BCUT2D eigenvalue weighted by molar-refractivity contribution is -0.120. The minimum Gasteiger partial charge on any atom is -0.335 e. The fraction of sp³-hybridized carbons (Fsp3) is 0.154. The predicted octanol–water partition coefficient (Wildman–Crippen LogP) is 2.07. The minimum atomic E-state index is -0.696. The maximum absolute atomic E-state index is 11.8.